The van der Waals surface area contributed by atoms with Crippen LogP contribution in [-0.2, 0) is 60.4 Å². The number of H-pyrrole nitrogens is 1. The van der Waals surface area contributed by atoms with E-state index in [9.17, 15) is 72.9 Å². The first-order valence-electron chi connectivity index (χ1n) is 20.5. The lowest BCUT2D eigenvalue weighted by atomic mass is 9.93. The van der Waals surface area contributed by atoms with Crippen LogP contribution in [0, 0.1) is 11.8 Å². The fourth-order valence-electron chi connectivity index (χ4n) is 7.67. The van der Waals surface area contributed by atoms with Gasteiger partial charge in [0.05, 0.1) is 60.4 Å². The van der Waals surface area contributed by atoms with Crippen LogP contribution < -0.4 is 37.2 Å². The molecule has 3 aliphatic rings. The molecule has 25 heteroatoms. The standard InChI is InChI=1S/C39H53N9O15S/c1-4-16(2)31-36(60)41-11-28(53)42-25-15-64(63)38-21(20-6-5-18(50)7-22(20)45-38)9-23(33(57)40-12-29(54)46-31)43-37(61)32(17(3)27(52)14-49)47-35(59)26-8-19(51)13-48(26)39(62)24(10-30(55)56)44-34(25)58/h5-7,16-17,19,23-27,31-32,45,49-52H,4,8-15H2,1-3H3,(H,40,57)(H,41,60)(H,42,53)(H,43,61)(H,44,58)(H,46,54)(H,47,59)(H,55,56)/t16?,17-,19?,23-,24-,25-,26-,27+,31-,32-,64?/m0/s1. The summed E-state index contributed by atoms with van der Waals surface area (Å²) in [6.45, 7) is 1.64. The van der Waals surface area contributed by atoms with E-state index in [-0.39, 0.29) is 27.2 Å². The Morgan fingerprint density at radius 3 is 2.19 bits per heavy atom. The van der Waals surface area contributed by atoms with Crippen LogP contribution in [-0.4, -0.2) is 173 Å². The number of carbonyl (C=O) groups excluding carboxylic acids is 8. The van der Waals surface area contributed by atoms with E-state index in [0.717, 1.165) is 4.90 Å². The van der Waals surface area contributed by atoms with Gasteiger partial charge < -0.3 is 72.6 Å². The topological polar surface area (TPSA) is 375 Å². The van der Waals surface area contributed by atoms with Gasteiger partial charge in [0.2, 0.25) is 47.3 Å². The van der Waals surface area contributed by atoms with Crippen molar-refractivity contribution < 1.29 is 72.9 Å². The summed E-state index contributed by atoms with van der Waals surface area (Å²) in [5, 5.41) is 68.3. The number of aromatic hydroxyl groups is 1. The smallest absolute Gasteiger partial charge is 0.305 e. The number of benzene rings is 1. The number of aliphatic carboxylic acids is 1. The third kappa shape index (κ3) is 11.5. The van der Waals surface area contributed by atoms with Crippen molar-refractivity contribution in [2.75, 3.05) is 32.0 Å². The first kappa shape index (κ1) is 48.8. The van der Waals surface area contributed by atoms with Crippen molar-refractivity contribution >= 4 is 74.9 Å². The lowest BCUT2D eigenvalue weighted by Gasteiger charge is -2.32. The predicted molar refractivity (Wildman–Crippen MR) is 221 cm³/mol. The summed E-state index contributed by atoms with van der Waals surface area (Å²) in [6.07, 6.45) is -4.74. The van der Waals surface area contributed by atoms with Crippen molar-refractivity contribution in [3.63, 3.8) is 0 Å². The molecule has 2 bridgehead atoms. The minimum atomic E-state index is -2.41. The van der Waals surface area contributed by atoms with Crippen LogP contribution in [0.1, 0.15) is 45.6 Å². The first-order valence-corrected chi connectivity index (χ1v) is 21.8. The number of hydrogen-bond acceptors (Lipinski definition) is 14. The molecule has 13 N–H and O–H groups in total. The zero-order valence-corrected chi connectivity index (χ0v) is 35.9. The summed E-state index contributed by atoms with van der Waals surface area (Å²) in [7, 11) is -2.41. The normalized spacial score (nSPS) is 28.5. The van der Waals surface area contributed by atoms with Crippen molar-refractivity contribution in [2.45, 2.75) is 99.9 Å². The number of phenols is 1. The number of fused-ring (bicyclic) bond motifs is 5. The van der Waals surface area contributed by atoms with Crippen LogP contribution in [0.15, 0.2) is 23.2 Å². The Hall–Kier alpha value is -6.18. The summed E-state index contributed by atoms with van der Waals surface area (Å²) >= 11 is 0. The maximum atomic E-state index is 14.5. The monoisotopic (exact) mass is 919 g/mol. The predicted octanol–water partition coefficient (Wildman–Crippen LogP) is -5.32. The molecule has 4 heterocycles. The molecule has 1 fully saturated rings. The average Bonchev–Trinajstić information content (AvgIpc) is 3.82. The number of carboxylic acid groups (broad SMARTS) is 1. The second-order valence-corrected chi connectivity index (χ2v) is 17.5. The SMILES string of the molecule is CCC(C)[C@@H]1NC(=O)CNC(=O)[C@@H]2Cc3c([nH]c4cc(O)ccc34)S(=O)C[C@H](NC(=O)CNC1=O)C(=O)N[C@@H](CC(=O)O)C(=O)N1CC(O)C[C@H]1C(=O)N[C@@H]([C@@H](C)[C@H](O)CO)C(=O)N2. The van der Waals surface area contributed by atoms with Crippen LogP contribution in [0.3, 0.4) is 0 Å². The highest BCUT2D eigenvalue weighted by atomic mass is 32.2. The van der Waals surface area contributed by atoms with E-state index in [1.165, 1.54) is 25.1 Å². The second-order valence-electron chi connectivity index (χ2n) is 16.1. The number of nitrogens with one attached hydrogen (secondary N) is 8. The summed E-state index contributed by atoms with van der Waals surface area (Å²) < 4.78 is 14.5. The Labute approximate surface area is 367 Å². The summed E-state index contributed by atoms with van der Waals surface area (Å²) in [4.78, 5) is 127. The van der Waals surface area contributed by atoms with E-state index >= 15 is 0 Å². The number of aromatic amines is 1. The van der Waals surface area contributed by atoms with E-state index in [1.54, 1.807) is 13.8 Å². The number of carbonyl (C=O) groups is 9. The number of phenolic OH excluding ortho intramolecular Hbond substituents is 1. The van der Waals surface area contributed by atoms with Gasteiger partial charge in [0.15, 0.2) is 0 Å². The van der Waals surface area contributed by atoms with E-state index in [2.05, 4.69) is 42.2 Å². The zero-order chi connectivity index (χ0) is 47.2. The van der Waals surface area contributed by atoms with Gasteiger partial charge >= 0.3 is 5.97 Å². The van der Waals surface area contributed by atoms with Gasteiger partial charge in [-0.3, -0.25) is 47.4 Å². The molecule has 3 aliphatic heterocycles. The van der Waals surface area contributed by atoms with Gasteiger partial charge in [-0.1, -0.05) is 27.2 Å². The van der Waals surface area contributed by atoms with Crippen molar-refractivity contribution in [1.29, 1.82) is 0 Å². The number of aliphatic hydroxyl groups is 3. The van der Waals surface area contributed by atoms with Gasteiger partial charge in [-0.25, -0.2) is 0 Å². The fraction of sp³-hybridized carbons (Fsp3) is 0.564. The van der Waals surface area contributed by atoms with Crippen LogP contribution in [0.5, 0.6) is 5.75 Å². The highest BCUT2D eigenvalue weighted by Gasteiger charge is 2.45. The quantitative estimate of drug-likeness (QED) is 0.123. The lowest BCUT2D eigenvalue weighted by molar-refractivity contribution is -0.146. The van der Waals surface area contributed by atoms with Gasteiger partial charge in [0, 0.05) is 36.8 Å². The lowest BCUT2D eigenvalue weighted by Crippen LogP contribution is -2.62. The largest absolute Gasteiger partial charge is 0.508 e. The Morgan fingerprint density at radius 1 is 0.859 bits per heavy atom. The molecule has 5 rings (SSSR count). The van der Waals surface area contributed by atoms with Crippen molar-refractivity contribution in [3.8, 4) is 5.75 Å². The average molecular weight is 920 g/mol. The number of nitrogens with zero attached hydrogens (tertiary/aromatic N) is 1. The molecule has 11 atom stereocenters. The second kappa shape index (κ2) is 21.0. The molecular weight excluding hydrogens is 867 g/mol. The molecule has 0 spiro atoms. The Morgan fingerprint density at radius 2 is 1.53 bits per heavy atom. The van der Waals surface area contributed by atoms with E-state index in [1.807, 2.05) is 0 Å². The van der Waals surface area contributed by atoms with Gasteiger partial charge in [-0.2, -0.15) is 0 Å². The van der Waals surface area contributed by atoms with Crippen LogP contribution in [0.2, 0.25) is 0 Å². The highest BCUT2D eigenvalue weighted by molar-refractivity contribution is 7.85. The highest BCUT2D eigenvalue weighted by Crippen LogP contribution is 2.30. The molecule has 1 saturated heterocycles. The molecule has 1 aromatic heterocycles. The van der Waals surface area contributed by atoms with Crippen LogP contribution >= 0.6 is 0 Å². The number of rotatable bonds is 7. The number of hydrogen-bond donors (Lipinski definition) is 13. The van der Waals surface area contributed by atoms with Crippen molar-refractivity contribution in [2.24, 2.45) is 11.8 Å². The van der Waals surface area contributed by atoms with Gasteiger partial charge in [-0.15, -0.1) is 0 Å². The Bertz CT molecular complexity index is 2200. The van der Waals surface area contributed by atoms with Gasteiger partial charge in [0.25, 0.3) is 0 Å². The number of amides is 8. The van der Waals surface area contributed by atoms with E-state index in [4.69, 9.17) is 0 Å². The summed E-state index contributed by atoms with van der Waals surface area (Å²) in [5.74, 6) is -12.9. The molecule has 3 unspecified atom stereocenters. The van der Waals surface area contributed by atoms with Gasteiger partial charge in [0.1, 0.15) is 47.0 Å². The molecular formula is C39H53N9O15S. The molecule has 0 saturated carbocycles. The number of carboxylic acids is 1. The van der Waals surface area contributed by atoms with E-state index < -0.39 is 176 Å². The molecule has 0 aliphatic carbocycles. The third-order valence-corrected chi connectivity index (χ3v) is 12.9. The minimum absolute atomic E-state index is 0.0635. The first-order chi connectivity index (χ1) is 30.2. The number of aromatic nitrogens is 1. The maximum absolute atomic E-state index is 14.5. The third-order valence-electron chi connectivity index (χ3n) is 11.5. The summed E-state index contributed by atoms with van der Waals surface area (Å²) in [6, 6.07) is -6.28. The molecule has 8 amide bonds. The molecule has 64 heavy (non-hydrogen) atoms. The molecule has 0 radical (unpaired) electrons. The molecule has 2 aromatic rings. The van der Waals surface area contributed by atoms with Crippen LogP contribution in [0.4, 0.5) is 0 Å². The zero-order valence-electron chi connectivity index (χ0n) is 35.0. The van der Waals surface area contributed by atoms with Gasteiger partial charge in [-0.05, 0) is 23.6 Å². The summed E-state index contributed by atoms with van der Waals surface area (Å²) in [5.41, 5.74) is 0.220. The minimum Gasteiger partial charge on any atom is -0.508 e. The fourth-order valence-corrected chi connectivity index (χ4v) is 9.07. The molecule has 24 nitrogen and oxygen atoms in total. The molecule has 350 valence electrons. The van der Waals surface area contributed by atoms with Crippen molar-refractivity contribution in [1.82, 2.24) is 47.1 Å². The van der Waals surface area contributed by atoms with Crippen LogP contribution in [0.25, 0.3) is 10.9 Å². The number of aliphatic hydroxyl groups excluding tert-OH is 3. The Balaban J connectivity index is 1.73. The molecule has 1 aromatic carbocycles. The van der Waals surface area contributed by atoms with Crippen molar-refractivity contribution in [3.05, 3.63) is 23.8 Å². The van der Waals surface area contributed by atoms with E-state index in [0.29, 0.717) is 6.42 Å². The maximum Gasteiger partial charge on any atom is 0.305 e. The Kier molecular flexibility index (Phi) is 16.0.